The number of hydrogen-bond donors (Lipinski definition) is 1. The van der Waals surface area contributed by atoms with Crippen molar-refractivity contribution in [2.45, 2.75) is 19.5 Å². The normalized spacial score (nSPS) is 13.8. The highest BCUT2D eigenvalue weighted by atomic mass is 19.1. The fourth-order valence-electron chi connectivity index (χ4n) is 2.66. The molecule has 0 saturated carbocycles. The Morgan fingerprint density at radius 1 is 1.15 bits per heavy atom. The van der Waals surface area contributed by atoms with Gasteiger partial charge in [-0.3, -0.25) is 0 Å². The highest BCUT2D eigenvalue weighted by Gasteiger charge is 2.37. The van der Waals surface area contributed by atoms with Gasteiger partial charge in [0.1, 0.15) is 5.75 Å². The topological polar surface area (TPSA) is 35.2 Å². The summed E-state index contributed by atoms with van der Waals surface area (Å²) in [4.78, 5) is 0. The lowest BCUT2D eigenvalue weighted by molar-refractivity contribution is 0.223. The van der Waals surface area contributed by atoms with Crippen molar-refractivity contribution in [3.8, 4) is 5.75 Å². The number of rotatable bonds is 4. The summed E-state index contributed by atoms with van der Waals surface area (Å²) < 4.78 is 21.0. The summed E-state index contributed by atoms with van der Waals surface area (Å²) in [6.07, 6.45) is 0. The molecule has 0 aromatic heterocycles. The van der Waals surface area contributed by atoms with Crippen molar-refractivity contribution in [3.05, 3.63) is 64.7 Å². The van der Waals surface area contributed by atoms with Crippen LogP contribution < -0.4 is 10.5 Å². The van der Waals surface area contributed by atoms with Crippen LogP contribution in [0.2, 0.25) is 0 Å². The van der Waals surface area contributed by atoms with E-state index < -0.39 is 5.67 Å². The molecular formula is C17H20FNO. The molecule has 0 aliphatic carbocycles. The minimum Gasteiger partial charge on any atom is -0.496 e. The van der Waals surface area contributed by atoms with Gasteiger partial charge in [0.05, 0.1) is 7.11 Å². The number of nitrogens with two attached hydrogens (primary N) is 1. The minimum atomic E-state index is -1.75. The van der Waals surface area contributed by atoms with Gasteiger partial charge in [0, 0.05) is 12.1 Å². The first kappa shape index (κ1) is 14.5. The lowest BCUT2D eigenvalue weighted by Gasteiger charge is -2.28. The Bertz CT molecular complexity index is 597. The Morgan fingerprint density at radius 2 is 1.80 bits per heavy atom. The smallest absolute Gasteiger partial charge is 0.176 e. The van der Waals surface area contributed by atoms with Gasteiger partial charge in [-0.15, -0.1) is 0 Å². The number of alkyl halides is 1. The predicted octanol–water partition coefficient (Wildman–Crippen LogP) is 3.48. The molecule has 20 heavy (non-hydrogen) atoms. The fraction of sp³-hybridized carbons (Fsp3) is 0.294. The van der Waals surface area contributed by atoms with E-state index in [4.69, 9.17) is 10.5 Å². The van der Waals surface area contributed by atoms with Gasteiger partial charge in [0.15, 0.2) is 5.67 Å². The van der Waals surface area contributed by atoms with Gasteiger partial charge in [-0.25, -0.2) is 4.39 Å². The van der Waals surface area contributed by atoms with Crippen molar-refractivity contribution in [1.29, 1.82) is 0 Å². The Morgan fingerprint density at radius 3 is 2.35 bits per heavy atom. The van der Waals surface area contributed by atoms with Crippen molar-refractivity contribution in [2.75, 3.05) is 13.7 Å². The largest absolute Gasteiger partial charge is 0.496 e. The zero-order valence-corrected chi connectivity index (χ0v) is 12.1. The highest BCUT2D eigenvalue weighted by molar-refractivity contribution is 5.51. The van der Waals surface area contributed by atoms with Crippen molar-refractivity contribution in [2.24, 2.45) is 5.73 Å². The van der Waals surface area contributed by atoms with Gasteiger partial charge in [-0.2, -0.15) is 0 Å². The van der Waals surface area contributed by atoms with Crippen molar-refractivity contribution >= 4 is 0 Å². The van der Waals surface area contributed by atoms with Crippen LogP contribution in [0.25, 0.3) is 0 Å². The van der Waals surface area contributed by atoms with Crippen LogP contribution in [-0.2, 0) is 5.67 Å². The number of benzene rings is 2. The third-order valence-corrected chi connectivity index (χ3v) is 3.57. The van der Waals surface area contributed by atoms with E-state index in [1.54, 1.807) is 19.2 Å². The third-order valence-electron chi connectivity index (χ3n) is 3.57. The van der Waals surface area contributed by atoms with E-state index in [2.05, 4.69) is 0 Å². The predicted molar refractivity (Wildman–Crippen MR) is 79.9 cm³/mol. The first-order valence-corrected chi connectivity index (χ1v) is 6.63. The van der Waals surface area contributed by atoms with Crippen LogP contribution in [0.4, 0.5) is 4.39 Å². The van der Waals surface area contributed by atoms with Gasteiger partial charge < -0.3 is 10.5 Å². The molecule has 0 heterocycles. The Hall–Kier alpha value is -1.87. The summed E-state index contributed by atoms with van der Waals surface area (Å²) in [7, 11) is 1.56. The van der Waals surface area contributed by atoms with Crippen LogP contribution in [0.3, 0.4) is 0 Å². The van der Waals surface area contributed by atoms with Crippen LogP contribution in [0.1, 0.15) is 22.3 Å². The van der Waals surface area contributed by atoms with E-state index in [1.165, 1.54) is 0 Å². The van der Waals surface area contributed by atoms with Gasteiger partial charge >= 0.3 is 0 Å². The van der Waals surface area contributed by atoms with E-state index in [-0.39, 0.29) is 6.54 Å². The van der Waals surface area contributed by atoms with E-state index in [9.17, 15) is 0 Å². The lowest BCUT2D eigenvalue weighted by atomic mass is 9.84. The first-order valence-electron chi connectivity index (χ1n) is 6.63. The molecule has 3 heteroatoms. The molecular weight excluding hydrogens is 253 g/mol. The summed E-state index contributed by atoms with van der Waals surface area (Å²) in [5.41, 5.74) is 6.97. The van der Waals surface area contributed by atoms with Crippen molar-refractivity contribution < 1.29 is 9.13 Å². The van der Waals surface area contributed by atoms with E-state index in [1.807, 2.05) is 44.2 Å². The highest BCUT2D eigenvalue weighted by Crippen LogP contribution is 2.41. The molecule has 0 amide bonds. The van der Waals surface area contributed by atoms with E-state index in [0.29, 0.717) is 16.9 Å². The second-order valence-electron chi connectivity index (χ2n) is 5.03. The zero-order chi connectivity index (χ0) is 14.8. The van der Waals surface area contributed by atoms with Crippen LogP contribution >= 0.6 is 0 Å². The monoisotopic (exact) mass is 273 g/mol. The van der Waals surface area contributed by atoms with Crippen LogP contribution in [-0.4, -0.2) is 13.7 Å². The maximum atomic E-state index is 15.6. The Balaban J connectivity index is 2.69. The van der Waals surface area contributed by atoms with Gasteiger partial charge in [0.25, 0.3) is 0 Å². The van der Waals surface area contributed by atoms with Crippen LogP contribution in [0.15, 0.2) is 42.5 Å². The molecule has 0 aliphatic rings. The molecule has 0 aliphatic heterocycles. The molecule has 106 valence electrons. The number of ether oxygens (including phenoxy) is 1. The first-order chi connectivity index (χ1) is 9.52. The summed E-state index contributed by atoms with van der Waals surface area (Å²) in [6, 6.07) is 12.8. The van der Waals surface area contributed by atoms with Crippen LogP contribution in [0.5, 0.6) is 5.75 Å². The van der Waals surface area contributed by atoms with Crippen molar-refractivity contribution in [3.63, 3.8) is 0 Å². The van der Waals surface area contributed by atoms with E-state index >= 15 is 4.39 Å². The van der Waals surface area contributed by atoms with Gasteiger partial charge in [-0.1, -0.05) is 36.4 Å². The summed E-state index contributed by atoms with van der Waals surface area (Å²) in [5.74, 6) is 0.541. The molecule has 0 fully saturated rings. The average molecular weight is 273 g/mol. The second kappa shape index (κ2) is 5.63. The molecule has 0 saturated heterocycles. The third kappa shape index (κ3) is 2.41. The number of halogens is 1. The van der Waals surface area contributed by atoms with Crippen molar-refractivity contribution in [1.82, 2.24) is 0 Å². The quantitative estimate of drug-likeness (QED) is 0.925. The summed E-state index contributed by atoms with van der Waals surface area (Å²) >= 11 is 0. The maximum Gasteiger partial charge on any atom is 0.176 e. The maximum absolute atomic E-state index is 15.6. The van der Waals surface area contributed by atoms with Gasteiger partial charge in [-0.05, 0) is 36.6 Å². The molecule has 1 atom stereocenters. The summed E-state index contributed by atoms with van der Waals surface area (Å²) in [5, 5.41) is 0. The molecule has 2 nitrogen and oxygen atoms in total. The molecule has 0 bridgehead atoms. The number of hydrogen-bond acceptors (Lipinski definition) is 2. The summed E-state index contributed by atoms with van der Waals surface area (Å²) in [6.45, 7) is 3.72. The standard InChI is InChI=1S/C17H20FNO/c1-12-9-13(2)16(15(10-12)20-3)17(18,11-19)14-7-5-4-6-8-14/h4-10H,11,19H2,1-3H3. The Labute approximate surface area is 119 Å². The van der Waals surface area contributed by atoms with Gasteiger partial charge in [0.2, 0.25) is 0 Å². The molecule has 2 aromatic rings. The molecule has 2 rings (SSSR count). The zero-order valence-electron chi connectivity index (χ0n) is 12.1. The molecule has 1 unspecified atom stereocenters. The number of methoxy groups -OCH3 is 1. The van der Waals surface area contributed by atoms with Crippen LogP contribution in [0, 0.1) is 13.8 Å². The SMILES string of the molecule is COc1cc(C)cc(C)c1C(F)(CN)c1ccccc1. The molecule has 2 N–H and O–H groups in total. The average Bonchev–Trinajstić information content (AvgIpc) is 2.46. The second-order valence-corrected chi connectivity index (χ2v) is 5.03. The Kier molecular flexibility index (Phi) is 4.09. The lowest BCUT2D eigenvalue weighted by Crippen LogP contribution is -2.33. The number of aryl methyl sites for hydroxylation is 2. The molecule has 0 radical (unpaired) electrons. The molecule has 0 spiro atoms. The van der Waals surface area contributed by atoms with E-state index in [0.717, 1.165) is 11.1 Å². The molecule has 2 aromatic carbocycles. The fourth-order valence-corrected chi connectivity index (χ4v) is 2.66. The minimum absolute atomic E-state index is 0.128.